The number of carbonyl (C=O) groups excluding carboxylic acids is 1. The summed E-state index contributed by atoms with van der Waals surface area (Å²) in [4.78, 5) is 29.1. The van der Waals surface area contributed by atoms with Crippen molar-refractivity contribution in [2.75, 3.05) is 10.6 Å². The second-order valence-electron chi connectivity index (χ2n) is 4.74. The maximum absolute atomic E-state index is 12.5. The Bertz CT molecular complexity index is 833. The third-order valence-electron chi connectivity index (χ3n) is 2.88. The summed E-state index contributed by atoms with van der Waals surface area (Å²) < 4.78 is 0. The smallest absolute Gasteiger partial charge is 0.278 e. The zero-order valence-electron chi connectivity index (χ0n) is 12.6. The van der Waals surface area contributed by atoms with Crippen molar-refractivity contribution >= 4 is 33.9 Å². The standard InChI is InChI=1S/C15H14N6OS/c1-9-4-3-5-11(18-9)20-14(22)13-15(23-10(2)19-13)21-12-8-16-6-7-17-12/h3-8H,1-2H3,(H,17,21)(H,18,20,22). The van der Waals surface area contributed by atoms with Crippen LogP contribution in [0.5, 0.6) is 0 Å². The molecule has 3 heterocycles. The molecule has 116 valence electrons. The van der Waals surface area contributed by atoms with E-state index in [4.69, 9.17) is 0 Å². The molecule has 0 fully saturated rings. The van der Waals surface area contributed by atoms with Gasteiger partial charge in [0.05, 0.1) is 11.2 Å². The molecule has 0 spiro atoms. The molecule has 2 N–H and O–H groups in total. The molecule has 8 heteroatoms. The highest BCUT2D eigenvalue weighted by atomic mass is 32.1. The Morgan fingerprint density at radius 3 is 2.74 bits per heavy atom. The fourth-order valence-corrected chi connectivity index (χ4v) is 2.76. The van der Waals surface area contributed by atoms with Crippen molar-refractivity contribution in [1.29, 1.82) is 0 Å². The lowest BCUT2D eigenvalue weighted by Crippen LogP contribution is -2.15. The van der Waals surface area contributed by atoms with Gasteiger partial charge >= 0.3 is 0 Å². The second kappa shape index (κ2) is 6.49. The molecule has 7 nitrogen and oxygen atoms in total. The van der Waals surface area contributed by atoms with E-state index < -0.39 is 0 Å². The minimum Gasteiger partial charge on any atom is -0.329 e. The molecule has 3 aromatic rings. The Morgan fingerprint density at radius 1 is 1.13 bits per heavy atom. The first-order chi connectivity index (χ1) is 11.1. The number of carbonyl (C=O) groups is 1. The Hall–Kier alpha value is -2.87. The Labute approximate surface area is 136 Å². The number of thiazole rings is 1. The molecule has 0 aromatic carbocycles. The van der Waals surface area contributed by atoms with E-state index in [-0.39, 0.29) is 5.91 Å². The molecule has 0 aliphatic heterocycles. The largest absolute Gasteiger partial charge is 0.329 e. The summed E-state index contributed by atoms with van der Waals surface area (Å²) >= 11 is 1.38. The Morgan fingerprint density at radius 2 is 2.00 bits per heavy atom. The van der Waals surface area contributed by atoms with Crippen LogP contribution >= 0.6 is 11.3 Å². The summed E-state index contributed by atoms with van der Waals surface area (Å²) in [5, 5.41) is 7.22. The van der Waals surface area contributed by atoms with E-state index in [1.807, 2.05) is 26.0 Å². The van der Waals surface area contributed by atoms with Crippen LogP contribution in [0.25, 0.3) is 0 Å². The molecule has 0 saturated carbocycles. The maximum Gasteiger partial charge on any atom is 0.278 e. The molecule has 3 aromatic heterocycles. The summed E-state index contributed by atoms with van der Waals surface area (Å²) in [6, 6.07) is 5.44. The number of rotatable bonds is 4. The van der Waals surface area contributed by atoms with Gasteiger partial charge in [0.25, 0.3) is 5.91 Å². The molecule has 3 rings (SSSR count). The molecule has 23 heavy (non-hydrogen) atoms. The lowest BCUT2D eigenvalue weighted by atomic mass is 10.3. The van der Waals surface area contributed by atoms with Crippen molar-refractivity contribution in [3.05, 3.63) is 53.2 Å². The average molecular weight is 326 g/mol. The minimum atomic E-state index is -0.321. The van der Waals surface area contributed by atoms with Gasteiger partial charge in [-0.3, -0.25) is 9.78 Å². The van der Waals surface area contributed by atoms with Crippen molar-refractivity contribution in [2.24, 2.45) is 0 Å². The van der Waals surface area contributed by atoms with Crippen LogP contribution in [-0.2, 0) is 0 Å². The lowest BCUT2D eigenvalue weighted by molar-refractivity contribution is 0.102. The first-order valence-electron chi connectivity index (χ1n) is 6.87. The van der Waals surface area contributed by atoms with Crippen LogP contribution in [0.1, 0.15) is 21.2 Å². The molecular formula is C15H14N6OS. The van der Waals surface area contributed by atoms with E-state index in [1.165, 1.54) is 11.3 Å². The summed E-state index contributed by atoms with van der Waals surface area (Å²) in [5.74, 6) is 0.726. The van der Waals surface area contributed by atoms with Crippen LogP contribution in [0.4, 0.5) is 16.6 Å². The van der Waals surface area contributed by atoms with Gasteiger partial charge in [-0.1, -0.05) is 6.07 Å². The molecule has 0 bridgehead atoms. The molecule has 1 amide bonds. The predicted octanol–water partition coefficient (Wildman–Crippen LogP) is 2.94. The second-order valence-corrected chi connectivity index (χ2v) is 5.95. The fourth-order valence-electron chi connectivity index (χ4n) is 1.93. The van der Waals surface area contributed by atoms with E-state index in [1.54, 1.807) is 24.7 Å². The van der Waals surface area contributed by atoms with E-state index in [0.29, 0.717) is 22.3 Å². The zero-order chi connectivity index (χ0) is 16.2. The molecule has 0 saturated heterocycles. The van der Waals surface area contributed by atoms with Gasteiger partial charge in [-0.25, -0.2) is 15.0 Å². The van der Waals surface area contributed by atoms with Crippen LogP contribution in [0.3, 0.4) is 0 Å². The summed E-state index contributed by atoms with van der Waals surface area (Å²) in [6.45, 7) is 3.71. The zero-order valence-corrected chi connectivity index (χ0v) is 13.4. The maximum atomic E-state index is 12.5. The normalized spacial score (nSPS) is 10.3. The number of hydrogen-bond donors (Lipinski definition) is 2. The number of aryl methyl sites for hydroxylation is 2. The van der Waals surface area contributed by atoms with Gasteiger partial charge < -0.3 is 10.6 Å². The molecule has 0 unspecified atom stereocenters. The number of nitrogens with zero attached hydrogens (tertiary/aromatic N) is 4. The van der Waals surface area contributed by atoms with Gasteiger partial charge in [-0.15, -0.1) is 11.3 Å². The first-order valence-corrected chi connectivity index (χ1v) is 7.69. The quantitative estimate of drug-likeness (QED) is 0.766. The number of amides is 1. The fraction of sp³-hybridized carbons (Fsp3) is 0.133. The summed E-state index contributed by atoms with van der Waals surface area (Å²) in [7, 11) is 0. The van der Waals surface area contributed by atoms with Crippen LogP contribution in [-0.4, -0.2) is 25.8 Å². The minimum absolute atomic E-state index is 0.307. The van der Waals surface area contributed by atoms with Gasteiger partial charge in [0, 0.05) is 18.1 Å². The Balaban J connectivity index is 1.83. The molecule has 0 radical (unpaired) electrons. The SMILES string of the molecule is Cc1cccc(NC(=O)c2nc(C)sc2Nc2cnccn2)n1. The highest BCUT2D eigenvalue weighted by molar-refractivity contribution is 7.16. The van der Waals surface area contributed by atoms with Gasteiger partial charge in [0.2, 0.25) is 0 Å². The molecule has 0 aliphatic rings. The number of aromatic nitrogens is 4. The Kier molecular flexibility index (Phi) is 4.24. The van der Waals surface area contributed by atoms with Crippen LogP contribution in [0, 0.1) is 13.8 Å². The summed E-state index contributed by atoms with van der Waals surface area (Å²) in [6.07, 6.45) is 4.74. The van der Waals surface area contributed by atoms with E-state index in [9.17, 15) is 4.79 Å². The third kappa shape index (κ3) is 3.67. The van der Waals surface area contributed by atoms with Crippen molar-refractivity contribution in [1.82, 2.24) is 19.9 Å². The van der Waals surface area contributed by atoms with Crippen molar-refractivity contribution in [2.45, 2.75) is 13.8 Å². The van der Waals surface area contributed by atoms with Crippen molar-refractivity contribution in [3.63, 3.8) is 0 Å². The average Bonchev–Trinajstić information content (AvgIpc) is 2.89. The van der Waals surface area contributed by atoms with Crippen molar-refractivity contribution < 1.29 is 4.79 Å². The van der Waals surface area contributed by atoms with E-state index in [0.717, 1.165) is 10.7 Å². The number of anilines is 3. The van der Waals surface area contributed by atoms with Gasteiger partial charge in [0.1, 0.15) is 16.6 Å². The van der Waals surface area contributed by atoms with E-state index in [2.05, 4.69) is 30.6 Å². The highest BCUT2D eigenvalue weighted by Gasteiger charge is 2.18. The monoisotopic (exact) mass is 326 g/mol. The first kappa shape index (κ1) is 15.0. The molecule has 0 aliphatic carbocycles. The van der Waals surface area contributed by atoms with Gasteiger partial charge in [0.15, 0.2) is 5.69 Å². The highest BCUT2D eigenvalue weighted by Crippen LogP contribution is 2.27. The van der Waals surface area contributed by atoms with Crippen molar-refractivity contribution in [3.8, 4) is 0 Å². The lowest BCUT2D eigenvalue weighted by Gasteiger charge is -2.06. The number of hydrogen-bond acceptors (Lipinski definition) is 7. The third-order valence-corrected chi connectivity index (χ3v) is 3.77. The number of nitrogens with one attached hydrogen (secondary N) is 2. The van der Waals surface area contributed by atoms with Crippen LogP contribution < -0.4 is 10.6 Å². The number of pyridine rings is 1. The van der Waals surface area contributed by atoms with Gasteiger partial charge in [-0.05, 0) is 26.0 Å². The molecule has 0 atom stereocenters. The van der Waals surface area contributed by atoms with E-state index >= 15 is 0 Å². The topological polar surface area (TPSA) is 92.7 Å². The van der Waals surface area contributed by atoms with Crippen LogP contribution in [0.2, 0.25) is 0 Å². The van der Waals surface area contributed by atoms with Gasteiger partial charge in [-0.2, -0.15) is 0 Å². The predicted molar refractivity (Wildman–Crippen MR) is 89.1 cm³/mol. The van der Waals surface area contributed by atoms with Crippen LogP contribution in [0.15, 0.2) is 36.8 Å². The summed E-state index contributed by atoms with van der Waals surface area (Å²) in [5.41, 5.74) is 1.14. The molecular weight excluding hydrogens is 312 g/mol.